The van der Waals surface area contributed by atoms with E-state index in [1.807, 2.05) is 60.7 Å². The molecule has 0 saturated carbocycles. The van der Waals surface area contributed by atoms with Gasteiger partial charge in [-0.05, 0) is 42.7 Å². The molecule has 4 rings (SSSR count). The highest BCUT2D eigenvalue weighted by Gasteiger charge is 2.43. The summed E-state index contributed by atoms with van der Waals surface area (Å²) < 4.78 is 40.1. The second-order valence-corrected chi connectivity index (χ2v) is 11.6. The molecule has 196 valence electrons. The first-order valence-corrected chi connectivity index (χ1v) is 13.9. The van der Waals surface area contributed by atoms with E-state index in [1.54, 1.807) is 30.1 Å². The quantitative estimate of drug-likeness (QED) is 0.389. The third-order valence-electron chi connectivity index (χ3n) is 6.81. The van der Waals surface area contributed by atoms with Gasteiger partial charge in [-0.3, -0.25) is 4.79 Å². The van der Waals surface area contributed by atoms with Crippen LogP contribution in [0.25, 0.3) is 0 Å². The minimum absolute atomic E-state index is 0.0406. The lowest BCUT2D eigenvalue weighted by Gasteiger charge is -2.42. The molecule has 1 heterocycles. The van der Waals surface area contributed by atoms with Crippen LogP contribution in [0, 0.1) is 5.41 Å². The van der Waals surface area contributed by atoms with Crippen molar-refractivity contribution in [2.45, 2.75) is 30.7 Å². The molecule has 1 unspecified atom stereocenters. The van der Waals surface area contributed by atoms with Crippen molar-refractivity contribution in [2.75, 3.05) is 33.9 Å². The monoisotopic (exact) mass is 522 g/mol. The molecule has 0 aromatic heterocycles. The van der Waals surface area contributed by atoms with Crippen LogP contribution >= 0.6 is 0 Å². The van der Waals surface area contributed by atoms with Gasteiger partial charge >= 0.3 is 0 Å². The largest absolute Gasteiger partial charge is 0.497 e. The molecular formula is C29H34N2O5S. The summed E-state index contributed by atoms with van der Waals surface area (Å²) in [5.41, 5.74) is 0.376. The summed E-state index contributed by atoms with van der Waals surface area (Å²) in [7, 11) is -0.484. The number of sulfonamides is 1. The Bertz CT molecular complexity index is 1280. The lowest BCUT2D eigenvalue weighted by molar-refractivity contribution is -0.134. The van der Waals surface area contributed by atoms with E-state index < -0.39 is 15.4 Å². The van der Waals surface area contributed by atoms with Crippen LogP contribution in [0.15, 0.2) is 89.8 Å². The van der Waals surface area contributed by atoms with E-state index >= 15 is 0 Å². The number of hydrogen-bond acceptors (Lipinski definition) is 5. The fourth-order valence-corrected chi connectivity index (χ4v) is 6.37. The number of ether oxygens (including phenoxy) is 2. The van der Waals surface area contributed by atoms with E-state index in [4.69, 9.17) is 9.47 Å². The highest BCUT2D eigenvalue weighted by molar-refractivity contribution is 7.89. The first kappa shape index (κ1) is 26.7. The summed E-state index contributed by atoms with van der Waals surface area (Å²) in [4.78, 5) is 15.3. The standard InChI is InChI=1S/C29H34N2O5S/c1-30(21-24-11-5-3-6-12-24)28(32)20-29(23-36-25-13-7-4-8-14-25)17-10-18-31(22-29)37(33,34)27-16-9-15-26(19-27)35-2/h3-9,11-16,19H,10,17-18,20-23H2,1-2H3. The summed E-state index contributed by atoms with van der Waals surface area (Å²) in [5.74, 6) is 1.13. The van der Waals surface area contributed by atoms with Crippen molar-refractivity contribution in [3.63, 3.8) is 0 Å². The van der Waals surface area contributed by atoms with Gasteiger partial charge in [0.15, 0.2) is 0 Å². The van der Waals surface area contributed by atoms with Gasteiger partial charge in [0.2, 0.25) is 15.9 Å². The molecule has 37 heavy (non-hydrogen) atoms. The molecular weight excluding hydrogens is 488 g/mol. The molecule has 1 fully saturated rings. The SMILES string of the molecule is COc1cccc(S(=O)(=O)N2CCCC(COc3ccccc3)(CC(=O)N(C)Cc3ccccc3)C2)c1. The number of carbonyl (C=O) groups is 1. The van der Waals surface area contributed by atoms with Gasteiger partial charge in [0.05, 0.1) is 18.6 Å². The Morgan fingerprint density at radius 3 is 2.35 bits per heavy atom. The Balaban J connectivity index is 1.57. The smallest absolute Gasteiger partial charge is 0.243 e. The van der Waals surface area contributed by atoms with E-state index in [9.17, 15) is 13.2 Å². The van der Waals surface area contributed by atoms with Crippen molar-refractivity contribution in [3.8, 4) is 11.5 Å². The average Bonchev–Trinajstić information content (AvgIpc) is 2.93. The molecule has 7 nitrogen and oxygen atoms in total. The second kappa shape index (κ2) is 11.8. The zero-order chi connectivity index (χ0) is 26.3. The Labute approximate surface area is 219 Å². The van der Waals surface area contributed by atoms with E-state index in [0.717, 1.165) is 5.56 Å². The highest BCUT2D eigenvalue weighted by atomic mass is 32.2. The molecule has 1 aliphatic rings. The van der Waals surface area contributed by atoms with Crippen LogP contribution in [0.2, 0.25) is 0 Å². The number of piperidine rings is 1. The maximum atomic E-state index is 13.6. The van der Waals surface area contributed by atoms with E-state index in [0.29, 0.717) is 37.4 Å². The maximum absolute atomic E-state index is 13.6. The molecule has 1 atom stereocenters. The van der Waals surface area contributed by atoms with Crippen LogP contribution in [-0.2, 0) is 21.4 Å². The summed E-state index contributed by atoms with van der Waals surface area (Å²) in [5, 5.41) is 0. The lowest BCUT2D eigenvalue weighted by atomic mass is 9.78. The van der Waals surface area contributed by atoms with Crippen LogP contribution in [0.3, 0.4) is 0 Å². The van der Waals surface area contributed by atoms with Gasteiger partial charge in [-0.2, -0.15) is 4.31 Å². The first-order valence-electron chi connectivity index (χ1n) is 12.4. The topological polar surface area (TPSA) is 76.1 Å². The van der Waals surface area contributed by atoms with Crippen molar-refractivity contribution >= 4 is 15.9 Å². The highest BCUT2D eigenvalue weighted by Crippen LogP contribution is 2.37. The second-order valence-electron chi connectivity index (χ2n) is 9.64. The normalized spacial score (nSPS) is 18.2. The van der Waals surface area contributed by atoms with Crippen LogP contribution < -0.4 is 9.47 Å². The van der Waals surface area contributed by atoms with Crippen molar-refractivity contribution in [3.05, 3.63) is 90.5 Å². The molecule has 0 spiro atoms. The number of benzene rings is 3. The molecule has 1 aliphatic heterocycles. The third kappa shape index (κ3) is 6.70. The van der Waals surface area contributed by atoms with Gasteiger partial charge in [-0.15, -0.1) is 0 Å². The zero-order valence-corrected chi connectivity index (χ0v) is 22.2. The molecule has 8 heteroatoms. The van der Waals surface area contributed by atoms with Crippen LogP contribution in [0.5, 0.6) is 11.5 Å². The Morgan fingerprint density at radius 2 is 1.65 bits per heavy atom. The Hall–Kier alpha value is -3.36. The maximum Gasteiger partial charge on any atom is 0.243 e. The molecule has 0 aliphatic carbocycles. The van der Waals surface area contributed by atoms with Gasteiger partial charge in [0, 0.05) is 44.6 Å². The van der Waals surface area contributed by atoms with Crippen molar-refractivity contribution in [1.29, 1.82) is 0 Å². The number of nitrogens with zero attached hydrogens (tertiary/aromatic N) is 2. The predicted molar refractivity (Wildman–Crippen MR) is 143 cm³/mol. The van der Waals surface area contributed by atoms with Gasteiger partial charge in [0.25, 0.3) is 0 Å². The predicted octanol–water partition coefficient (Wildman–Crippen LogP) is 4.59. The van der Waals surface area contributed by atoms with Crippen molar-refractivity contribution < 1.29 is 22.7 Å². The molecule has 3 aromatic carbocycles. The number of hydrogen-bond donors (Lipinski definition) is 0. The molecule has 1 amide bonds. The molecule has 0 radical (unpaired) electrons. The van der Waals surface area contributed by atoms with Gasteiger partial charge in [-0.1, -0.05) is 54.6 Å². The van der Waals surface area contributed by atoms with Crippen LogP contribution in [0.1, 0.15) is 24.8 Å². The molecule has 3 aromatic rings. The number of para-hydroxylation sites is 1. The summed E-state index contributed by atoms with van der Waals surface area (Å²) in [6.07, 6.45) is 1.51. The van der Waals surface area contributed by atoms with Crippen molar-refractivity contribution in [1.82, 2.24) is 9.21 Å². The van der Waals surface area contributed by atoms with Crippen molar-refractivity contribution in [2.24, 2.45) is 5.41 Å². The fraction of sp³-hybridized carbons (Fsp3) is 0.345. The summed E-state index contributed by atoms with van der Waals surface area (Å²) in [6.45, 7) is 1.32. The zero-order valence-electron chi connectivity index (χ0n) is 21.4. The first-order chi connectivity index (χ1) is 17.8. The number of carbonyl (C=O) groups excluding carboxylic acids is 1. The summed E-state index contributed by atoms with van der Waals surface area (Å²) in [6, 6.07) is 25.7. The minimum Gasteiger partial charge on any atom is -0.497 e. The number of methoxy groups -OCH3 is 1. The van der Waals surface area contributed by atoms with Crippen LogP contribution in [-0.4, -0.2) is 57.4 Å². The van der Waals surface area contributed by atoms with Gasteiger partial charge in [-0.25, -0.2) is 8.42 Å². The average molecular weight is 523 g/mol. The van der Waals surface area contributed by atoms with E-state index in [-0.39, 0.29) is 30.4 Å². The Kier molecular flexibility index (Phi) is 8.51. The molecule has 0 N–H and O–H groups in total. The fourth-order valence-electron chi connectivity index (χ4n) is 4.75. The number of amides is 1. The van der Waals surface area contributed by atoms with Gasteiger partial charge in [0.1, 0.15) is 11.5 Å². The lowest BCUT2D eigenvalue weighted by Crippen LogP contribution is -2.50. The summed E-state index contributed by atoms with van der Waals surface area (Å²) >= 11 is 0. The van der Waals surface area contributed by atoms with Crippen LogP contribution in [0.4, 0.5) is 0 Å². The molecule has 1 saturated heterocycles. The number of rotatable bonds is 10. The Morgan fingerprint density at radius 1 is 0.973 bits per heavy atom. The van der Waals surface area contributed by atoms with E-state index in [1.165, 1.54) is 17.5 Å². The van der Waals surface area contributed by atoms with E-state index in [2.05, 4.69) is 0 Å². The third-order valence-corrected chi connectivity index (χ3v) is 8.65. The molecule has 0 bridgehead atoms. The van der Waals surface area contributed by atoms with Gasteiger partial charge < -0.3 is 14.4 Å². The minimum atomic E-state index is -3.78.